The van der Waals surface area contributed by atoms with Crippen LogP contribution in [-0.2, 0) is 14.3 Å². The molecule has 0 aliphatic carbocycles. The fraction of sp³-hybridized carbons (Fsp3) is 0.323. The number of nitrogens with zero attached hydrogens (tertiary/aromatic N) is 4. The number of aryl methyl sites for hydroxylation is 1. The van der Waals surface area contributed by atoms with Gasteiger partial charge in [-0.05, 0) is 35.7 Å². The first-order chi connectivity index (χ1) is 18.6. The lowest BCUT2D eigenvalue weighted by Crippen LogP contribution is -2.52. The summed E-state index contributed by atoms with van der Waals surface area (Å²) in [6.45, 7) is 6.21. The van der Waals surface area contributed by atoms with Gasteiger partial charge in [0.15, 0.2) is 0 Å². The number of hydrazone groups is 1. The molecule has 2 aliphatic rings. The van der Waals surface area contributed by atoms with Crippen LogP contribution in [-0.4, -0.2) is 66.7 Å². The van der Waals surface area contributed by atoms with Crippen molar-refractivity contribution >= 4 is 23.2 Å². The predicted octanol–water partition coefficient (Wildman–Crippen LogP) is 4.43. The second-order valence-corrected chi connectivity index (χ2v) is 9.80. The first-order valence-electron chi connectivity index (χ1n) is 13.3. The van der Waals surface area contributed by atoms with Crippen molar-refractivity contribution in [2.75, 3.05) is 44.3 Å². The average Bonchev–Trinajstić information content (AvgIpc) is 2.96. The van der Waals surface area contributed by atoms with E-state index in [-0.39, 0.29) is 17.9 Å². The van der Waals surface area contributed by atoms with Crippen LogP contribution in [0.3, 0.4) is 0 Å². The van der Waals surface area contributed by atoms with Crippen LogP contribution in [0.2, 0.25) is 0 Å². The van der Waals surface area contributed by atoms with E-state index >= 15 is 0 Å². The molecular formula is C31H34N4O3. The third-order valence-corrected chi connectivity index (χ3v) is 7.08. The zero-order valence-electron chi connectivity index (χ0n) is 21.8. The molecule has 196 valence electrons. The number of carbonyl (C=O) groups is 2. The molecule has 0 radical (unpaired) electrons. The van der Waals surface area contributed by atoms with Gasteiger partial charge in [-0.3, -0.25) is 14.5 Å². The molecule has 5 rings (SSSR count). The highest BCUT2D eigenvalue weighted by atomic mass is 16.5. The predicted molar refractivity (Wildman–Crippen MR) is 149 cm³/mol. The highest BCUT2D eigenvalue weighted by Gasteiger charge is 2.30. The van der Waals surface area contributed by atoms with E-state index in [1.807, 2.05) is 72.5 Å². The number of hydrogen-bond acceptors (Lipinski definition) is 5. The van der Waals surface area contributed by atoms with E-state index in [0.29, 0.717) is 43.9 Å². The van der Waals surface area contributed by atoms with Gasteiger partial charge < -0.3 is 9.64 Å². The van der Waals surface area contributed by atoms with Crippen molar-refractivity contribution in [3.05, 3.63) is 102 Å². The number of amides is 2. The van der Waals surface area contributed by atoms with Gasteiger partial charge in [-0.25, -0.2) is 5.01 Å². The monoisotopic (exact) mass is 510 g/mol. The van der Waals surface area contributed by atoms with Gasteiger partial charge in [0.25, 0.3) is 5.91 Å². The largest absolute Gasteiger partial charge is 0.367 e. The number of benzene rings is 3. The number of hydrogen-bond donors (Lipinski definition) is 0. The number of carbonyl (C=O) groups excluding carboxylic acids is 2. The summed E-state index contributed by atoms with van der Waals surface area (Å²) in [5.74, 6) is -0.152. The maximum atomic E-state index is 13.2. The van der Waals surface area contributed by atoms with Crippen molar-refractivity contribution in [2.45, 2.75) is 25.9 Å². The van der Waals surface area contributed by atoms with Crippen LogP contribution in [0.25, 0.3) is 0 Å². The molecule has 0 unspecified atom stereocenters. The standard InChI is InChI=1S/C31H34N4O3/c1-24-9-8-14-27(23-24)35-29(36)16-15-28(32-35)31(37)34-19-17-33(18-20-34)21-22-38-30(25-10-4-2-5-11-25)26-12-6-3-7-13-26/h2-14,23,30H,15-22H2,1H3. The third kappa shape index (κ3) is 6.18. The Bertz CT molecular complexity index is 1230. The topological polar surface area (TPSA) is 65.5 Å². The Morgan fingerprint density at radius 3 is 2.16 bits per heavy atom. The van der Waals surface area contributed by atoms with Crippen LogP contribution < -0.4 is 5.01 Å². The minimum atomic E-state index is -0.108. The SMILES string of the molecule is Cc1cccc(N2N=C(C(=O)N3CCN(CCOC(c4ccccc4)c4ccccc4)CC3)CCC2=O)c1. The van der Waals surface area contributed by atoms with Gasteiger partial charge >= 0.3 is 0 Å². The first-order valence-corrected chi connectivity index (χ1v) is 13.3. The summed E-state index contributed by atoms with van der Waals surface area (Å²) in [6, 6.07) is 28.2. The van der Waals surface area contributed by atoms with Crippen molar-refractivity contribution in [1.29, 1.82) is 0 Å². The molecular weight excluding hydrogens is 476 g/mol. The highest BCUT2D eigenvalue weighted by molar-refractivity contribution is 6.40. The molecule has 0 spiro atoms. The molecule has 0 atom stereocenters. The molecule has 7 heteroatoms. The Labute approximate surface area is 224 Å². The maximum Gasteiger partial charge on any atom is 0.270 e. The van der Waals surface area contributed by atoms with Gasteiger partial charge in [-0.1, -0.05) is 72.8 Å². The normalized spacial score (nSPS) is 16.6. The minimum absolute atomic E-state index is 0.0701. The van der Waals surface area contributed by atoms with Gasteiger partial charge in [0.2, 0.25) is 5.91 Å². The summed E-state index contributed by atoms with van der Waals surface area (Å²) in [6.07, 6.45) is 0.567. The van der Waals surface area contributed by atoms with Gasteiger partial charge in [0.1, 0.15) is 11.8 Å². The summed E-state index contributed by atoms with van der Waals surface area (Å²) >= 11 is 0. The second-order valence-electron chi connectivity index (χ2n) is 9.80. The summed E-state index contributed by atoms with van der Waals surface area (Å²) < 4.78 is 6.38. The Kier molecular flexibility index (Phi) is 8.26. The second kappa shape index (κ2) is 12.2. The summed E-state index contributed by atoms with van der Waals surface area (Å²) in [5.41, 5.74) is 4.48. The summed E-state index contributed by atoms with van der Waals surface area (Å²) in [4.78, 5) is 29.9. The summed E-state index contributed by atoms with van der Waals surface area (Å²) in [7, 11) is 0. The molecule has 2 aliphatic heterocycles. The lowest BCUT2D eigenvalue weighted by atomic mass is 10.0. The van der Waals surface area contributed by atoms with Crippen LogP contribution in [0, 0.1) is 6.92 Å². The van der Waals surface area contributed by atoms with Gasteiger partial charge in [-0.15, -0.1) is 0 Å². The molecule has 0 saturated carbocycles. The van der Waals surface area contributed by atoms with E-state index < -0.39 is 0 Å². The molecule has 1 saturated heterocycles. The van der Waals surface area contributed by atoms with E-state index in [0.717, 1.165) is 36.3 Å². The van der Waals surface area contributed by atoms with Crippen LogP contribution in [0.4, 0.5) is 5.69 Å². The Morgan fingerprint density at radius 1 is 0.868 bits per heavy atom. The highest BCUT2D eigenvalue weighted by Crippen LogP contribution is 2.26. The van der Waals surface area contributed by atoms with Gasteiger partial charge in [0, 0.05) is 45.6 Å². The molecule has 0 aromatic heterocycles. The van der Waals surface area contributed by atoms with Crippen molar-refractivity contribution in [3.63, 3.8) is 0 Å². The minimum Gasteiger partial charge on any atom is -0.367 e. The molecule has 3 aromatic carbocycles. The Balaban J connectivity index is 1.15. The number of ether oxygens (including phenoxy) is 1. The van der Waals surface area contributed by atoms with Gasteiger partial charge in [-0.2, -0.15) is 5.10 Å². The molecule has 38 heavy (non-hydrogen) atoms. The fourth-order valence-corrected chi connectivity index (χ4v) is 4.97. The van der Waals surface area contributed by atoms with E-state index in [9.17, 15) is 9.59 Å². The summed E-state index contributed by atoms with van der Waals surface area (Å²) in [5, 5.41) is 5.85. The molecule has 3 aromatic rings. The Morgan fingerprint density at radius 2 is 1.53 bits per heavy atom. The van der Waals surface area contributed by atoms with E-state index in [2.05, 4.69) is 34.3 Å². The molecule has 2 heterocycles. The van der Waals surface area contributed by atoms with Crippen LogP contribution in [0.15, 0.2) is 90.0 Å². The van der Waals surface area contributed by atoms with E-state index in [1.165, 1.54) is 5.01 Å². The zero-order valence-corrected chi connectivity index (χ0v) is 21.8. The molecule has 0 N–H and O–H groups in total. The van der Waals surface area contributed by atoms with E-state index in [1.54, 1.807) is 0 Å². The zero-order chi connectivity index (χ0) is 26.3. The fourth-order valence-electron chi connectivity index (χ4n) is 4.97. The quantitative estimate of drug-likeness (QED) is 0.450. The average molecular weight is 511 g/mol. The first kappa shape index (κ1) is 25.8. The van der Waals surface area contributed by atoms with Crippen molar-refractivity contribution < 1.29 is 14.3 Å². The van der Waals surface area contributed by atoms with Crippen molar-refractivity contribution in [2.24, 2.45) is 5.10 Å². The molecule has 2 amide bonds. The van der Waals surface area contributed by atoms with Crippen molar-refractivity contribution in [1.82, 2.24) is 9.80 Å². The van der Waals surface area contributed by atoms with Gasteiger partial charge in [0.05, 0.1) is 12.3 Å². The van der Waals surface area contributed by atoms with Crippen LogP contribution in [0.1, 0.15) is 35.6 Å². The molecule has 0 bridgehead atoms. The molecule has 7 nitrogen and oxygen atoms in total. The van der Waals surface area contributed by atoms with Crippen LogP contribution >= 0.6 is 0 Å². The lowest BCUT2D eigenvalue weighted by molar-refractivity contribution is -0.126. The molecule has 1 fully saturated rings. The number of piperazine rings is 1. The third-order valence-electron chi connectivity index (χ3n) is 7.08. The Hall–Kier alpha value is -3.81. The van der Waals surface area contributed by atoms with Crippen molar-refractivity contribution in [3.8, 4) is 0 Å². The number of anilines is 1. The van der Waals surface area contributed by atoms with Crippen LogP contribution in [0.5, 0.6) is 0 Å². The maximum absolute atomic E-state index is 13.2. The lowest BCUT2D eigenvalue weighted by Gasteiger charge is -2.35. The van der Waals surface area contributed by atoms with E-state index in [4.69, 9.17) is 4.74 Å². The smallest absolute Gasteiger partial charge is 0.270 e. The number of rotatable bonds is 8.